The van der Waals surface area contributed by atoms with Crippen LogP contribution < -0.4 is 10.6 Å². The third-order valence-corrected chi connectivity index (χ3v) is 4.45. The van der Waals surface area contributed by atoms with Crippen LogP contribution in [0, 0.1) is 0 Å². The smallest absolute Gasteiger partial charge is 0.0642 e. The van der Waals surface area contributed by atoms with E-state index in [4.69, 9.17) is 17.3 Å². The van der Waals surface area contributed by atoms with Gasteiger partial charge in [-0.2, -0.15) is 0 Å². The number of piperazine rings is 1. The highest BCUT2D eigenvalue weighted by molar-refractivity contribution is 6.33. The minimum atomic E-state index is 0.545. The lowest BCUT2D eigenvalue weighted by atomic mass is 10.1. The Hall–Kier alpha value is -0.770. The maximum absolute atomic E-state index is 6.43. The average Bonchev–Trinajstić information content (AvgIpc) is 2.36. The first-order chi connectivity index (χ1) is 9.02. The van der Waals surface area contributed by atoms with Gasteiger partial charge in [-0.05, 0) is 51.6 Å². The number of likely N-dealkylation sites (N-methyl/N-ethyl adjacent to an activating group) is 1. The van der Waals surface area contributed by atoms with Gasteiger partial charge in [0.15, 0.2) is 0 Å². The van der Waals surface area contributed by atoms with E-state index >= 15 is 0 Å². The molecule has 0 bridgehead atoms. The molecule has 2 atom stereocenters. The van der Waals surface area contributed by atoms with Crippen molar-refractivity contribution in [1.29, 1.82) is 0 Å². The summed E-state index contributed by atoms with van der Waals surface area (Å²) in [6, 6.07) is 7.42. The number of anilines is 1. The lowest BCUT2D eigenvalue weighted by Gasteiger charge is -2.43. The van der Waals surface area contributed by atoms with Gasteiger partial charge in [0, 0.05) is 25.2 Å². The quantitative estimate of drug-likeness (QED) is 0.923. The normalized spacial score (nSPS) is 24.8. The van der Waals surface area contributed by atoms with Crippen molar-refractivity contribution in [3.05, 3.63) is 28.8 Å². The second-order valence-corrected chi connectivity index (χ2v) is 6.00. The second-order valence-electron chi connectivity index (χ2n) is 5.59. The van der Waals surface area contributed by atoms with E-state index in [-0.39, 0.29) is 0 Å². The summed E-state index contributed by atoms with van der Waals surface area (Å²) in [7, 11) is 2.19. The average molecular weight is 282 g/mol. The van der Waals surface area contributed by atoms with Crippen molar-refractivity contribution in [3.8, 4) is 0 Å². The van der Waals surface area contributed by atoms with Crippen LogP contribution in [0.3, 0.4) is 0 Å². The molecule has 0 radical (unpaired) electrons. The van der Waals surface area contributed by atoms with Crippen LogP contribution in [-0.2, 0) is 6.42 Å². The van der Waals surface area contributed by atoms with Crippen molar-refractivity contribution >= 4 is 17.3 Å². The molecule has 1 aromatic rings. The molecule has 1 aliphatic rings. The molecule has 106 valence electrons. The standard InChI is InChI=1S/C15H24ClN3/c1-11-9-19(10-12(2)18(11)3)15-5-4-13(6-7-17)8-14(15)16/h4-5,8,11-12H,6-7,9-10,17H2,1-3H3. The number of halogens is 1. The van der Waals surface area contributed by atoms with Gasteiger partial charge in [-0.25, -0.2) is 0 Å². The van der Waals surface area contributed by atoms with E-state index in [0.29, 0.717) is 18.6 Å². The summed E-state index contributed by atoms with van der Waals surface area (Å²) in [5.41, 5.74) is 7.95. The van der Waals surface area contributed by atoms with Crippen molar-refractivity contribution < 1.29 is 0 Å². The van der Waals surface area contributed by atoms with Crippen LogP contribution in [0.2, 0.25) is 5.02 Å². The number of nitrogens with zero attached hydrogens (tertiary/aromatic N) is 2. The lowest BCUT2D eigenvalue weighted by molar-refractivity contribution is 0.170. The van der Waals surface area contributed by atoms with E-state index in [1.165, 1.54) is 5.56 Å². The summed E-state index contributed by atoms with van der Waals surface area (Å²) in [4.78, 5) is 4.82. The first-order valence-electron chi connectivity index (χ1n) is 6.98. The van der Waals surface area contributed by atoms with Gasteiger partial charge in [-0.15, -0.1) is 0 Å². The van der Waals surface area contributed by atoms with Gasteiger partial charge >= 0.3 is 0 Å². The SMILES string of the molecule is CC1CN(c2ccc(CCN)cc2Cl)CC(C)N1C. The van der Waals surface area contributed by atoms with Crippen LogP contribution in [0.1, 0.15) is 19.4 Å². The monoisotopic (exact) mass is 281 g/mol. The fraction of sp³-hybridized carbons (Fsp3) is 0.600. The molecule has 0 spiro atoms. The molecule has 2 N–H and O–H groups in total. The Labute approximate surface area is 121 Å². The summed E-state index contributed by atoms with van der Waals surface area (Å²) in [6.45, 7) is 7.24. The fourth-order valence-electron chi connectivity index (χ4n) is 2.73. The van der Waals surface area contributed by atoms with Crippen molar-refractivity contribution in [1.82, 2.24) is 4.90 Å². The molecule has 2 rings (SSSR count). The third kappa shape index (κ3) is 3.22. The molecule has 0 amide bonds. The number of hydrogen-bond acceptors (Lipinski definition) is 3. The highest BCUT2D eigenvalue weighted by Gasteiger charge is 2.27. The molecule has 1 aromatic carbocycles. The van der Waals surface area contributed by atoms with Crippen LogP contribution in [0.5, 0.6) is 0 Å². The fourth-order valence-corrected chi connectivity index (χ4v) is 3.05. The molecule has 1 saturated heterocycles. The molecule has 3 nitrogen and oxygen atoms in total. The first kappa shape index (κ1) is 14.6. The van der Waals surface area contributed by atoms with Gasteiger partial charge in [-0.1, -0.05) is 17.7 Å². The summed E-state index contributed by atoms with van der Waals surface area (Å²) < 4.78 is 0. The molecule has 4 heteroatoms. The highest BCUT2D eigenvalue weighted by Crippen LogP contribution is 2.29. The first-order valence-corrected chi connectivity index (χ1v) is 7.36. The molecule has 2 unspecified atom stereocenters. The Bertz CT molecular complexity index is 423. The van der Waals surface area contributed by atoms with E-state index in [2.05, 4.69) is 48.9 Å². The molecule has 0 saturated carbocycles. The minimum absolute atomic E-state index is 0.545. The van der Waals surface area contributed by atoms with Crippen LogP contribution in [-0.4, -0.2) is 43.7 Å². The van der Waals surface area contributed by atoms with E-state index < -0.39 is 0 Å². The molecule has 1 aliphatic heterocycles. The number of rotatable bonds is 3. The number of hydrogen-bond donors (Lipinski definition) is 1. The van der Waals surface area contributed by atoms with Crippen LogP contribution in [0.15, 0.2) is 18.2 Å². The van der Waals surface area contributed by atoms with Gasteiger partial charge in [0.1, 0.15) is 0 Å². The predicted molar refractivity (Wildman–Crippen MR) is 83.1 cm³/mol. The van der Waals surface area contributed by atoms with Crippen LogP contribution in [0.25, 0.3) is 0 Å². The van der Waals surface area contributed by atoms with Gasteiger partial charge < -0.3 is 10.6 Å². The van der Waals surface area contributed by atoms with E-state index in [1.807, 2.05) is 0 Å². The number of benzene rings is 1. The lowest BCUT2D eigenvalue weighted by Crippen LogP contribution is -2.55. The van der Waals surface area contributed by atoms with E-state index in [1.54, 1.807) is 0 Å². The largest absolute Gasteiger partial charge is 0.367 e. The summed E-state index contributed by atoms with van der Waals surface area (Å²) in [5.74, 6) is 0. The van der Waals surface area contributed by atoms with Gasteiger partial charge in [0.05, 0.1) is 10.7 Å². The second kappa shape index (κ2) is 6.12. The minimum Gasteiger partial charge on any atom is -0.367 e. The summed E-state index contributed by atoms with van der Waals surface area (Å²) >= 11 is 6.43. The zero-order valence-corrected chi connectivity index (χ0v) is 12.8. The van der Waals surface area contributed by atoms with Gasteiger partial charge in [0.2, 0.25) is 0 Å². The zero-order chi connectivity index (χ0) is 14.0. The molecule has 1 heterocycles. The summed E-state index contributed by atoms with van der Waals surface area (Å²) in [6.07, 6.45) is 0.884. The van der Waals surface area contributed by atoms with Crippen LogP contribution in [0.4, 0.5) is 5.69 Å². The molecule has 19 heavy (non-hydrogen) atoms. The zero-order valence-electron chi connectivity index (χ0n) is 12.1. The maximum Gasteiger partial charge on any atom is 0.0642 e. The predicted octanol–water partition coefficient (Wildman–Crippen LogP) is 2.37. The van der Waals surface area contributed by atoms with Gasteiger partial charge in [0.25, 0.3) is 0 Å². The molecule has 1 fully saturated rings. The van der Waals surface area contributed by atoms with E-state index in [9.17, 15) is 0 Å². The van der Waals surface area contributed by atoms with Crippen molar-refractivity contribution in [2.75, 3.05) is 31.6 Å². The Balaban J connectivity index is 2.18. The van der Waals surface area contributed by atoms with Crippen molar-refractivity contribution in [2.24, 2.45) is 5.73 Å². The van der Waals surface area contributed by atoms with Gasteiger partial charge in [-0.3, -0.25) is 4.90 Å². The molecule has 0 aromatic heterocycles. The Morgan fingerprint density at radius 2 is 1.89 bits per heavy atom. The van der Waals surface area contributed by atoms with Crippen LogP contribution >= 0.6 is 11.6 Å². The van der Waals surface area contributed by atoms with Crippen molar-refractivity contribution in [2.45, 2.75) is 32.4 Å². The molecular weight excluding hydrogens is 258 g/mol. The third-order valence-electron chi connectivity index (χ3n) is 4.15. The highest BCUT2D eigenvalue weighted by atomic mass is 35.5. The van der Waals surface area contributed by atoms with Crippen molar-refractivity contribution in [3.63, 3.8) is 0 Å². The summed E-state index contributed by atoms with van der Waals surface area (Å²) in [5, 5.41) is 0.843. The Morgan fingerprint density at radius 1 is 1.26 bits per heavy atom. The Kier molecular flexibility index (Phi) is 4.71. The molecular formula is C15H24ClN3. The Morgan fingerprint density at radius 3 is 2.42 bits per heavy atom. The van der Waals surface area contributed by atoms with E-state index in [0.717, 1.165) is 30.2 Å². The number of nitrogens with two attached hydrogens (primary N) is 1. The maximum atomic E-state index is 6.43. The molecule has 0 aliphatic carbocycles. The topological polar surface area (TPSA) is 32.5 Å².